The zero-order valence-electron chi connectivity index (χ0n) is 12.2. The molecule has 4 heteroatoms. The molecule has 3 N–H and O–H groups in total. The monoisotopic (exact) mass is 311 g/mol. The van der Waals surface area contributed by atoms with Crippen molar-refractivity contribution in [3.63, 3.8) is 0 Å². The minimum absolute atomic E-state index is 0.464. The number of carboxylic acid groups (broad SMARTS) is 1. The predicted octanol–water partition coefficient (Wildman–Crippen LogP) is 4.07. The summed E-state index contributed by atoms with van der Waals surface area (Å²) in [5.41, 5.74) is 6.15. The van der Waals surface area contributed by atoms with Crippen molar-refractivity contribution in [1.82, 2.24) is 0 Å². The molecule has 1 aromatic heterocycles. The van der Waals surface area contributed by atoms with Gasteiger partial charge in [0.05, 0.1) is 5.41 Å². The van der Waals surface area contributed by atoms with Crippen molar-refractivity contribution in [3.05, 3.63) is 65.0 Å². The Hall–Kier alpha value is -2.33. The van der Waals surface area contributed by atoms with Gasteiger partial charge < -0.3 is 10.8 Å². The first-order valence-corrected chi connectivity index (χ1v) is 7.87. The van der Waals surface area contributed by atoms with Crippen LogP contribution in [0.2, 0.25) is 0 Å². The number of carbonyl (C=O) groups is 1. The second kappa shape index (κ2) is 5.46. The van der Waals surface area contributed by atoms with Crippen molar-refractivity contribution in [2.75, 3.05) is 5.73 Å². The molecule has 0 aliphatic rings. The van der Waals surface area contributed by atoms with Crippen LogP contribution in [0, 0.1) is 0 Å². The van der Waals surface area contributed by atoms with Crippen LogP contribution >= 0.6 is 11.3 Å². The lowest BCUT2D eigenvalue weighted by molar-refractivity contribution is -0.143. The molecule has 1 atom stereocenters. The molecule has 0 bridgehead atoms. The summed E-state index contributed by atoms with van der Waals surface area (Å²) < 4.78 is 1.18. The number of anilines is 1. The van der Waals surface area contributed by atoms with Crippen LogP contribution in [0.15, 0.2) is 54.6 Å². The van der Waals surface area contributed by atoms with Crippen LogP contribution in [0.1, 0.15) is 17.4 Å². The number of hydrogen-bond acceptors (Lipinski definition) is 3. The molecule has 22 heavy (non-hydrogen) atoms. The number of aliphatic carboxylic acids is 1. The predicted molar refractivity (Wildman–Crippen MR) is 91.4 cm³/mol. The van der Waals surface area contributed by atoms with E-state index in [-0.39, 0.29) is 0 Å². The molecule has 0 amide bonds. The zero-order chi connectivity index (χ0) is 15.7. The second-order valence-corrected chi connectivity index (χ2v) is 6.85. The van der Waals surface area contributed by atoms with Gasteiger partial charge in [0.15, 0.2) is 0 Å². The van der Waals surface area contributed by atoms with Gasteiger partial charge in [-0.15, -0.1) is 11.3 Å². The maximum absolute atomic E-state index is 11.9. The maximum atomic E-state index is 11.9. The maximum Gasteiger partial charge on any atom is 0.314 e. The normalized spacial score (nSPS) is 13.9. The molecular weight excluding hydrogens is 294 g/mol. The Kier molecular flexibility index (Phi) is 3.62. The van der Waals surface area contributed by atoms with E-state index in [0.29, 0.717) is 12.1 Å². The Morgan fingerprint density at radius 2 is 1.86 bits per heavy atom. The van der Waals surface area contributed by atoms with Crippen molar-refractivity contribution >= 4 is 33.1 Å². The van der Waals surface area contributed by atoms with Crippen LogP contribution in [-0.2, 0) is 16.6 Å². The molecule has 3 aromatic rings. The molecule has 0 saturated carbocycles. The first-order chi connectivity index (χ1) is 10.5. The summed E-state index contributed by atoms with van der Waals surface area (Å²) in [6.07, 6.45) is 0.464. The zero-order valence-corrected chi connectivity index (χ0v) is 13.1. The van der Waals surface area contributed by atoms with E-state index in [9.17, 15) is 9.90 Å². The summed E-state index contributed by atoms with van der Waals surface area (Å²) in [5.74, 6) is -0.824. The number of rotatable bonds is 4. The Labute approximate surface area is 133 Å². The SMILES string of the molecule is CC(Cc1cc2ccccc2s1)(C(=O)O)c1ccc(N)cc1. The third-order valence-electron chi connectivity index (χ3n) is 4.02. The van der Waals surface area contributed by atoms with Crippen molar-refractivity contribution in [2.45, 2.75) is 18.8 Å². The van der Waals surface area contributed by atoms with Gasteiger partial charge in [-0.3, -0.25) is 4.79 Å². The Morgan fingerprint density at radius 1 is 1.18 bits per heavy atom. The number of fused-ring (bicyclic) bond motifs is 1. The van der Waals surface area contributed by atoms with E-state index in [1.54, 1.807) is 42.5 Å². The molecule has 1 heterocycles. The van der Waals surface area contributed by atoms with E-state index in [2.05, 4.69) is 18.2 Å². The van der Waals surface area contributed by atoms with Crippen molar-refractivity contribution in [2.24, 2.45) is 0 Å². The van der Waals surface area contributed by atoms with E-state index >= 15 is 0 Å². The number of benzene rings is 2. The third-order valence-corrected chi connectivity index (χ3v) is 5.14. The van der Waals surface area contributed by atoms with Gasteiger partial charge in [-0.1, -0.05) is 30.3 Å². The summed E-state index contributed by atoms with van der Waals surface area (Å²) in [5, 5.41) is 10.9. The Morgan fingerprint density at radius 3 is 2.50 bits per heavy atom. The van der Waals surface area contributed by atoms with Crippen LogP contribution in [0.3, 0.4) is 0 Å². The van der Waals surface area contributed by atoms with E-state index in [1.807, 2.05) is 12.1 Å². The van der Waals surface area contributed by atoms with Gasteiger partial charge in [0.2, 0.25) is 0 Å². The van der Waals surface area contributed by atoms with Gasteiger partial charge in [-0.2, -0.15) is 0 Å². The largest absolute Gasteiger partial charge is 0.481 e. The highest BCUT2D eigenvalue weighted by Crippen LogP contribution is 2.34. The Balaban J connectivity index is 2.00. The van der Waals surface area contributed by atoms with Crippen LogP contribution in [-0.4, -0.2) is 11.1 Å². The second-order valence-electron chi connectivity index (χ2n) is 5.69. The summed E-state index contributed by atoms with van der Waals surface area (Å²) >= 11 is 1.65. The number of hydrogen-bond donors (Lipinski definition) is 2. The smallest absolute Gasteiger partial charge is 0.314 e. The average molecular weight is 311 g/mol. The van der Waals surface area contributed by atoms with Gasteiger partial charge >= 0.3 is 5.97 Å². The number of nitrogen functional groups attached to an aromatic ring is 1. The fourth-order valence-corrected chi connectivity index (χ4v) is 3.85. The first kappa shape index (κ1) is 14.6. The summed E-state index contributed by atoms with van der Waals surface area (Å²) in [7, 11) is 0. The molecule has 0 aliphatic heterocycles. The molecule has 0 radical (unpaired) electrons. The van der Waals surface area contributed by atoms with Crippen LogP contribution in [0.25, 0.3) is 10.1 Å². The van der Waals surface area contributed by atoms with E-state index in [0.717, 1.165) is 15.8 Å². The number of nitrogens with two attached hydrogens (primary N) is 1. The van der Waals surface area contributed by atoms with Gasteiger partial charge in [0, 0.05) is 21.7 Å². The van der Waals surface area contributed by atoms with Crippen LogP contribution in [0.4, 0.5) is 5.69 Å². The highest BCUT2D eigenvalue weighted by molar-refractivity contribution is 7.19. The lowest BCUT2D eigenvalue weighted by Crippen LogP contribution is -2.34. The minimum atomic E-state index is -0.964. The molecule has 0 saturated heterocycles. The van der Waals surface area contributed by atoms with Crippen molar-refractivity contribution < 1.29 is 9.90 Å². The lowest BCUT2D eigenvalue weighted by Gasteiger charge is -2.25. The summed E-state index contributed by atoms with van der Waals surface area (Å²) in [6, 6.07) is 17.3. The molecule has 3 rings (SSSR count). The standard InChI is InChI=1S/C18H17NO2S/c1-18(17(20)21,13-6-8-14(19)9-7-13)11-15-10-12-4-2-3-5-16(12)22-15/h2-10H,11,19H2,1H3,(H,20,21). The van der Waals surface area contributed by atoms with E-state index in [4.69, 9.17) is 5.73 Å². The van der Waals surface area contributed by atoms with Gasteiger partial charge in [0.1, 0.15) is 0 Å². The number of thiophene rings is 1. The highest BCUT2D eigenvalue weighted by atomic mass is 32.1. The van der Waals surface area contributed by atoms with E-state index < -0.39 is 11.4 Å². The fourth-order valence-electron chi connectivity index (χ4n) is 2.62. The molecule has 1 unspecified atom stereocenters. The third kappa shape index (κ3) is 2.57. The molecule has 2 aromatic carbocycles. The topological polar surface area (TPSA) is 63.3 Å². The van der Waals surface area contributed by atoms with Crippen LogP contribution in [0.5, 0.6) is 0 Å². The molecular formula is C18H17NO2S. The van der Waals surface area contributed by atoms with Crippen molar-refractivity contribution in [1.29, 1.82) is 0 Å². The van der Waals surface area contributed by atoms with Gasteiger partial charge in [-0.25, -0.2) is 0 Å². The number of carboxylic acids is 1. The molecule has 0 fully saturated rings. The molecule has 3 nitrogen and oxygen atoms in total. The average Bonchev–Trinajstić information content (AvgIpc) is 2.89. The van der Waals surface area contributed by atoms with E-state index in [1.165, 1.54) is 4.70 Å². The molecule has 0 aliphatic carbocycles. The van der Waals surface area contributed by atoms with Crippen molar-refractivity contribution in [3.8, 4) is 0 Å². The minimum Gasteiger partial charge on any atom is -0.481 e. The molecule has 0 spiro atoms. The summed E-state index contributed by atoms with van der Waals surface area (Å²) in [6.45, 7) is 1.77. The quantitative estimate of drug-likeness (QED) is 0.714. The summed E-state index contributed by atoms with van der Waals surface area (Å²) in [4.78, 5) is 13.0. The lowest BCUT2D eigenvalue weighted by atomic mass is 9.79. The van der Waals surface area contributed by atoms with Gasteiger partial charge in [0.25, 0.3) is 0 Å². The van der Waals surface area contributed by atoms with Gasteiger partial charge in [-0.05, 0) is 42.1 Å². The van der Waals surface area contributed by atoms with Crippen LogP contribution < -0.4 is 5.73 Å². The Bertz CT molecular complexity index is 789. The first-order valence-electron chi connectivity index (χ1n) is 7.06. The highest BCUT2D eigenvalue weighted by Gasteiger charge is 2.35. The fraction of sp³-hybridized carbons (Fsp3) is 0.167. The molecule has 112 valence electrons.